The molecule has 132 valence electrons. The Morgan fingerprint density at radius 1 is 1.08 bits per heavy atom. The smallest absolute Gasteiger partial charge is 0.317 e. The predicted octanol–water partition coefficient (Wildman–Crippen LogP) is -1.32. The standard InChI is InChI=1S/C12H14N2O10/c15-4-8-9(16)10(17)11(18)12(24-8)23-7-2-1-5(13(19)20)3-6(7)14(21)22/h1-3,8-12,15-18H,4H2/t8?,9-,10-,11?,12+/m0/s1. The molecule has 0 radical (unpaired) electrons. The van der Waals surface area contributed by atoms with Crippen molar-refractivity contribution in [1.29, 1.82) is 0 Å². The average molecular weight is 346 g/mol. The van der Waals surface area contributed by atoms with Gasteiger partial charge in [0, 0.05) is 6.07 Å². The molecule has 5 atom stereocenters. The van der Waals surface area contributed by atoms with Crippen molar-refractivity contribution in [2.75, 3.05) is 6.61 Å². The van der Waals surface area contributed by atoms with Crippen LogP contribution >= 0.6 is 0 Å². The molecule has 1 fully saturated rings. The highest BCUT2D eigenvalue weighted by molar-refractivity contribution is 5.53. The second-order valence-electron chi connectivity index (χ2n) is 4.98. The molecular weight excluding hydrogens is 332 g/mol. The van der Waals surface area contributed by atoms with Crippen LogP contribution < -0.4 is 4.74 Å². The van der Waals surface area contributed by atoms with Crippen molar-refractivity contribution in [3.63, 3.8) is 0 Å². The molecule has 1 saturated heterocycles. The van der Waals surface area contributed by atoms with Gasteiger partial charge < -0.3 is 29.9 Å². The average Bonchev–Trinajstić information content (AvgIpc) is 2.55. The number of aliphatic hydroxyl groups excluding tert-OH is 4. The van der Waals surface area contributed by atoms with E-state index in [0.717, 1.165) is 12.1 Å². The summed E-state index contributed by atoms with van der Waals surface area (Å²) in [6, 6.07) is 2.56. The van der Waals surface area contributed by atoms with Crippen LogP contribution in [0.25, 0.3) is 0 Å². The third-order valence-electron chi connectivity index (χ3n) is 3.44. The molecule has 0 bridgehead atoms. The lowest BCUT2D eigenvalue weighted by atomic mass is 9.99. The predicted molar refractivity (Wildman–Crippen MR) is 74.1 cm³/mol. The molecular formula is C12H14N2O10. The molecule has 12 nitrogen and oxygen atoms in total. The summed E-state index contributed by atoms with van der Waals surface area (Å²) in [5, 5.41) is 59.9. The maximum Gasteiger partial charge on any atom is 0.317 e. The van der Waals surface area contributed by atoms with Crippen LogP contribution in [0.1, 0.15) is 0 Å². The van der Waals surface area contributed by atoms with Crippen molar-refractivity contribution in [2.24, 2.45) is 0 Å². The SMILES string of the molecule is O=[N+]([O-])c1ccc(O[C@@H]2OC(CO)[C@H](O)[C@H](O)C2O)c([N+](=O)[O-])c1. The van der Waals surface area contributed by atoms with Gasteiger partial charge in [-0.25, -0.2) is 0 Å². The Morgan fingerprint density at radius 2 is 1.75 bits per heavy atom. The van der Waals surface area contributed by atoms with E-state index < -0.39 is 64.3 Å². The largest absolute Gasteiger partial charge is 0.455 e. The molecule has 12 heteroatoms. The van der Waals surface area contributed by atoms with Gasteiger partial charge in [0.05, 0.1) is 22.5 Å². The highest BCUT2D eigenvalue weighted by Gasteiger charge is 2.45. The van der Waals surface area contributed by atoms with Crippen molar-refractivity contribution in [3.05, 3.63) is 38.4 Å². The first kappa shape index (κ1) is 18.0. The van der Waals surface area contributed by atoms with E-state index in [1.54, 1.807) is 0 Å². The van der Waals surface area contributed by atoms with E-state index >= 15 is 0 Å². The number of nitro benzene ring substituents is 2. The maximum absolute atomic E-state index is 11.0. The summed E-state index contributed by atoms with van der Waals surface area (Å²) < 4.78 is 10.2. The van der Waals surface area contributed by atoms with Gasteiger partial charge in [-0.3, -0.25) is 20.2 Å². The van der Waals surface area contributed by atoms with Gasteiger partial charge in [0.1, 0.15) is 24.4 Å². The number of rotatable bonds is 5. The number of hydrogen-bond acceptors (Lipinski definition) is 10. The normalized spacial score (nSPS) is 29.9. The Hall–Kier alpha value is -2.38. The zero-order chi connectivity index (χ0) is 18.0. The molecule has 1 aromatic carbocycles. The minimum atomic E-state index is -1.77. The summed E-state index contributed by atoms with van der Waals surface area (Å²) in [6.07, 6.45) is -8.00. The number of hydrogen-bond donors (Lipinski definition) is 4. The second-order valence-corrected chi connectivity index (χ2v) is 4.98. The van der Waals surface area contributed by atoms with Crippen LogP contribution in [-0.4, -0.2) is 67.6 Å². The van der Waals surface area contributed by atoms with Gasteiger partial charge in [-0.1, -0.05) is 0 Å². The molecule has 2 unspecified atom stereocenters. The van der Waals surface area contributed by atoms with Crippen LogP contribution in [0, 0.1) is 20.2 Å². The van der Waals surface area contributed by atoms with E-state index in [-0.39, 0.29) is 0 Å². The Kier molecular flexibility index (Phi) is 5.26. The van der Waals surface area contributed by atoms with E-state index in [4.69, 9.17) is 14.6 Å². The summed E-state index contributed by atoms with van der Waals surface area (Å²) in [7, 11) is 0. The lowest BCUT2D eigenvalue weighted by Gasteiger charge is -2.39. The summed E-state index contributed by atoms with van der Waals surface area (Å²) in [6.45, 7) is -0.701. The number of aliphatic hydroxyl groups is 4. The molecule has 0 saturated carbocycles. The highest BCUT2D eigenvalue weighted by atomic mass is 16.7. The van der Waals surface area contributed by atoms with Gasteiger partial charge in [0.2, 0.25) is 12.0 Å². The van der Waals surface area contributed by atoms with Crippen molar-refractivity contribution in [1.82, 2.24) is 0 Å². The fourth-order valence-corrected chi connectivity index (χ4v) is 2.15. The lowest BCUT2D eigenvalue weighted by Crippen LogP contribution is -2.60. The first-order valence-corrected chi connectivity index (χ1v) is 6.66. The Bertz CT molecular complexity index is 636. The van der Waals surface area contributed by atoms with Crippen LogP contribution in [-0.2, 0) is 4.74 Å². The van der Waals surface area contributed by atoms with E-state index in [1.807, 2.05) is 0 Å². The Labute approximate surface area is 133 Å². The van der Waals surface area contributed by atoms with Crippen LogP contribution in [0.5, 0.6) is 5.75 Å². The molecule has 24 heavy (non-hydrogen) atoms. The number of ether oxygens (including phenoxy) is 2. The topological polar surface area (TPSA) is 186 Å². The molecule has 1 aliphatic rings. The summed E-state index contributed by atoms with van der Waals surface area (Å²) in [5.41, 5.74) is -1.29. The third kappa shape index (κ3) is 3.42. The molecule has 4 N–H and O–H groups in total. The van der Waals surface area contributed by atoms with Crippen LogP contribution in [0.15, 0.2) is 18.2 Å². The van der Waals surface area contributed by atoms with Gasteiger partial charge in [-0.05, 0) is 6.07 Å². The molecule has 0 aromatic heterocycles. The minimum Gasteiger partial charge on any atom is -0.455 e. The quantitative estimate of drug-likeness (QED) is 0.368. The van der Waals surface area contributed by atoms with Crippen molar-refractivity contribution in [3.8, 4) is 5.75 Å². The van der Waals surface area contributed by atoms with E-state index in [1.165, 1.54) is 0 Å². The molecule has 2 rings (SSSR count). The van der Waals surface area contributed by atoms with E-state index in [0.29, 0.717) is 6.07 Å². The monoisotopic (exact) mass is 346 g/mol. The van der Waals surface area contributed by atoms with Crippen molar-refractivity contribution < 1.29 is 39.7 Å². The van der Waals surface area contributed by atoms with E-state index in [2.05, 4.69) is 0 Å². The van der Waals surface area contributed by atoms with Gasteiger partial charge in [0.15, 0.2) is 0 Å². The number of nitro groups is 2. The Morgan fingerprint density at radius 3 is 2.29 bits per heavy atom. The van der Waals surface area contributed by atoms with Crippen LogP contribution in [0.3, 0.4) is 0 Å². The molecule has 1 aromatic rings. The first-order chi connectivity index (χ1) is 11.3. The van der Waals surface area contributed by atoms with Crippen LogP contribution in [0.4, 0.5) is 11.4 Å². The Balaban J connectivity index is 2.29. The number of benzene rings is 1. The fourth-order valence-electron chi connectivity index (χ4n) is 2.15. The first-order valence-electron chi connectivity index (χ1n) is 6.66. The van der Waals surface area contributed by atoms with Gasteiger partial charge in [-0.2, -0.15) is 0 Å². The molecule has 1 aliphatic heterocycles. The molecule has 0 amide bonds. The van der Waals surface area contributed by atoms with Gasteiger partial charge in [0.25, 0.3) is 5.69 Å². The van der Waals surface area contributed by atoms with Crippen molar-refractivity contribution in [2.45, 2.75) is 30.7 Å². The lowest BCUT2D eigenvalue weighted by molar-refractivity contribution is -0.395. The molecule has 1 heterocycles. The molecule has 0 aliphatic carbocycles. The third-order valence-corrected chi connectivity index (χ3v) is 3.44. The zero-order valence-corrected chi connectivity index (χ0v) is 12.0. The van der Waals surface area contributed by atoms with Gasteiger partial charge in [-0.15, -0.1) is 0 Å². The number of non-ortho nitro benzene ring substituents is 1. The van der Waals surface area contributed by atoms with Crippen LogP contribution in [0.2, 0.25) is 0 Å². The fraction of sp³-hybridized carbons (Fsp3) is 0.500. The minimum absolute atomic E-state index is 0.449. The number of nitrogens with zero attached hydrogens (tertiary/aromatic N) is 2. The summed E-state index contributed by atoms with van der Waals surface area (Å²) in [5.74, 6) is -0.449. The maximum atomic E-state index is 11.0. The second kappa shape index (κ2) is 7.02. The zero-order valence-electron chi connectivity index (χ0n) is 12.0. The van der Waals surface area contributed by atoms with Crippen molar-refractivity contribution >= 4 is 11.4 Å². The summed E-state index contributed by atoms with van der Waals surface area (Å²) in [4.78, 5) is 20.0. The van der Waals surface area contributed by atoms with E-state index in [9.17, 15) is 35.5 Å². The summed E-state index contributed by atoms with van der Waals surface area (Å²) >= 11 is 0. The van der Waals surface area contributed by atoms with Gasteiger partial charge >= 0.3 is 5.69 Å². The molecule has 0 spiro atoms. The highest BCUT2D eigenvalue weighted by Crippen LogP contribution is 2.33.